The van der Waals surface area contributed by atoms with E-state index in [1.807, 2.05) is 0 Å². The highest BCUT2D eigenvalue weighted by Crippen LogP contribution is 2.24. The van der Waals surface area contributed by atoms with Gasteiger partial charge >= 0.3 is 0 Å². The topological polar surface area (TPSA) is 55.1 Å². The number of nitrogens with one attached hydrogen (secondary N) is 1. The smallest absolute Gasteiger partial charge is 0.258 e. The van der Waals surface area contributed by atoms with Crippen molar-refractivity contribution in [3.8, 4) is 0 Å². The maximum Gasteiger partial charge on any atom is 0.258 e. The van der Waals surface area contributed by atoms with E-state index < -0.39 is 23.1 Å². The highest BCUT2D eigenvalue weighted by atomic mass is 35.5. The number of halogens is 3. The van der Waals surface area contributed by atoms with Crippen LogP contribution in [0.1, 0.15) is 10.4 Å². The number of nitrogens with two attached hydrogens (primary N) is 1. The maximum atomic E-state index is 13.4. The standard InChI is InChI=1S/C13H9ClF2N2O/c14-7-4-5-10(17)11(6-7)18-13(19)8-2-1-3-9(15)12(8)16/h1-6H,17H2,(H,18,19). The molecule has 0 radical (unpaired) electrons. The normalized spacial score (nSPS) is 10.3. The van der Waals surface area contributed by atoms with Crippen LogP contribution in [0.4, 0.5) is 20.2 Å². The molecule has 0 aliphatic carbocycles. The van der Waals surface area contributed by atoms with Crippen molar-refractivity contribution in [2.24, 2.45) is 0 Å². The fourth-order valence-electron chi connectivity index (χ4n) is 1.51. The number of amides is 1. The SMILES string of the molecule is Nc1ccc(Cl)cc1NC(=O)c1cccc(F)c1F. The first-order valence-corrected chi connectivity index (χ1v) is 5.67. The zero-order valence-corrected chi connectivity index (χ0v) is 10.3. The van der Waals surface area contributed by atoms with E-state index >= 15 is 0 Å². The van der Waals surface area contributed by atoms with Crippen LogP contribution < -0.4 is 11.1 Å². The third kappa shape index (κ3) is 2.82. The molecule has 0 spiro atoms. The number of benzene rings is 2. The summed E-state index contributed by atoms with van der Waals surface area (Å²) >= 11 is 5.76. The van der Waals surface area contributed by atoms with Crippen molar-refractivity contribution in [1.82, 2.24) is 0 Å². The van der Waals surface area contributed by atoms with Crippen molar-refractivity contribution < 1.29 is 13.6 Å². The van der Waals surface area contributed by atoms with Gasteiger partial charge < -0.3 is 11.1 Å². The van der Waals surface area contributed by atoms with Gasteiger partial charge in [-0.15, -0.1) is 0 Å². The molecule has 2 rings (SSSR count). The molecule has 0 unspecified atom stereocenters. The third-order valence-corrected chi connectivity index (χ3v) is 2.69. The van der Waals surface area contributed by atoms with Gasteiger partial charge in [0.1, 0.15) is 0 Å². The van der Waals surface area contributed by atoms with Crippen molar-refractivity contribution in [2.45, 2.75) is 0 Å². The molecule has 98 valence electrons. The van der Waals surface area contributed by atoms with Gasteiger partial charge in [-0.3, -0.25) is 4.79 Å². The Morgan fingerprint density at radius 2 is 1.95 bits per heavy atom. The van der Waals surface area contributed by atoms with Gasteiger partial charge in [-0.25, -0.2) is 8.78 Å². The second-order valence-electron chi connectivity index (χ2n) is 3.79. The molecule has 0 heterocycles. The van der Waals surface area contributed by atoms with Gasteiger partial charge in [-0.05, 0) is 30.3 Å². The fourth-order valence-corrected chi connectivity index (χ4v) is 1.68. The summed E-state index contributed by atoms with van der Waals surface area (Å²) in [7, 11) is 0. The van der Waals surface area contributed by atoms with E-state index in [1.165, 1.54) is 24.3 Å². The van der Waals surface area contributed by atoms with E-state index in [2.05, 4.69) is 5.32 Å². The van der Waals surface area contributed by atoms with E-state index in [4.69, 9.17) is 17.3 Å². The lowest BCUT2D eigenvalue weighted by Gasteiger charge is -2.09. The highest BCUT2D eigenvalue weighted by molar-refractivity contribution is 6.31. The summed E-state index contributed by atoms with van der Waals surface area (Å²) in [5.41, 5.74) is 5.75. The first-order chi connectivity index (χ1) is 8.99. The average Bonchev–Trinajstić information content (AvgIpc) is 2.37. The molecule has 6 heteroatoms. The molecule has 19 heavy (non-hydrogen) atoms. The number of nitrogen functional groups attached to an aromatic ring is 1. The van der Waals surface area contributed by atoms with E-state index in [-0.39, 0.29) is 11.4 Å². The van der Waals surface area contributed by atoms with Gasteiger partial charge in [0.2, 0.25) is 0 Å². The predicted molar refractivity (Wildman–Crippen MR) is 70.2 cm³/mol. The van der Waals surface area contributed by atoms with Gasteiger partial charge in [0.15, 0.2) is 11.6 Å². The fraction of sp³-hybridized carbons (Fsp3) is 0. The number of anilines is 2. The Labute approximate surface area is 113 Å². The molecule has 0 atom stereocenters. The van der Waals surface area contributed by atoms with Crippen LogP contribution in [0.15, 0.2) is 36.4 Å². The maximum absolute atomic E-state index is 13.4. The Morgan fingerprint density at radius 3 is 2.68 bits per heavy atom. The summed E-state index contributed by atoms with van der Waals surface area (Å²) in [5.74, 6) is -3.10. The predicted octanol–water partition coefficient (Wildman–Crippen LogP) is 3.45. The Balaban J connectivity index is 2.31. The van der Waals surface area contributed by atoms with Crippen molar-refractivity contribution >= 4 is 28.9 Å². The van der Waals surface area contributed by atoms with E-state index in [0.717, 1.165) is 6.07 Å². The Bertz CT molecular complexity index is 647. The molecule has 0 saturated heterocycles. The number of hydrogen-bond acceptors (Lipinski definition) is 2. The van der Waals surface area contributed by atoms with Crippen LogP contribution in [0, 0.1) is 11.6 Å². The van der Waals surface area contributed by atoms with E-state index in [9.17, 15) is 13.6 Å². The second-order valence-corrected chi connectivity index (χ2v) is 4.22. The molecule has 3 N–H and O–H groups in total. The molecule has 3 nitrogen and oxygen atoms in total. The lowest BCUT2D eigenvalue weighted by atomic mass is 10.2. The minimum absolute atomic E-state index is 0.237. The summed E-state index contributed by atoms with van der Waals surface area (Å²) in [6.45, 7) is 0. The molecule has 1 amide bonds. The highest BCUT2D eigenvalue weighted by Gasteiger charge is 2.16. The van der Waals surface area contributed by atoms with Gasteiger partial charge in [-0.2, -0.15) is 0 Å². The molecule has 0 bridgehead atoms. The van der Waals surface area contributed by atoms with Gasteiger partial charge in [0.05, 0.1) is 16.9 Å². The third-order valence-electron chi connectivity index (χ3n) is 2.46. The van der Waals surface area contributed by atoms with Crippen molar-refractivity contribution in [2.75, 3.05) is 11.1 Å². The Kier molecular flexibility index (Phi) is 3.66. The first-order valence-electron chi connectivity index (χ1n) is 5.29. The number of rotatable bonds is 2. The summed E-state index contributed by atoms with van der Waals surface area (Å²) in [6, 6.07) is 7.82. The summed E-state index contributed by atoms with van der Waals surface area (Å²) < 4.78 is 26.5. The molecular weight excluding hydrogens is 274 g/mol. The van der Waals surface area contributed by atoms with E-state index in [0.29, 0.717) is 5.02 Å². The monoisotopic (exact) mass is 282 g/mol. The molecule has 0 saturated carbocycles. The summed E-state index contributed by atoms with van der Waals surface area (Å²) in [4.78, 5) is 11.8. The molecule has 2 aromatic rings. The zero-order valence-electron chi connectivity index (χ0n) is 9.58. The molecule has 0 fully saturated rings. The van der Waals surface area contributed by atoms with Gasteiger partial charge in [-0.1, -0.05) is 17.7 Å². The number of carbonyl (C=O) groups excluding carboxylic acids is 1. The van der Waals surface area contributed by atoms with Crippen LogP contribution in [-0.4, -0.2) is 5.91 Å². The van der Waals surface area contributed by atoms with Crippen LogP contribution in [-0.2, 0) is 0 Å². The van der Waals surface area contributed by atoms with Gasteiger partial charge in [0, 0.05) is 5.02 Å². The number of carbonyl (C=O) groups is 1. The lowest BCUT2D eigenvalue weighted by molar-refractivity contribution is 0.102. The molecule has 2 aromatic carbocycles. The minimum atomic E-state index is -1.21. The number of hydrogen-bond donors (Lipinski definition) is 2. The Morgan fingerprint density at radius 1 is 1.21 bits per heavy atom. The molecular formula is C13H9ClF2N2O. The van der Waals surface area contributed by atoms with E-state index in [1.54, 1.807) is 6.07 Å². The molecule has 0 aromatic heterocycles. The van der Waals surface area contributed by atoms with Crippen molar-refractivity contribution in [3.63, 3.8) is 0 Å². The minimum Gasteiger partial charge on any atom is -0.397 e. The summed E-state index contributed by atoms with van der Waals surface area (Å²) in [6.07, 6.45) is 0. The molecule has 0 aliphatic heterocycles. The zero-order chi connectivity index (χ0) is 14.0. The van der Waals surface area contributed by atoms with Gasteiger partial charge in [0.25, 0.3) is 5.91 Å². The molecule has 0 aliphatic rings. The summed E-state index contributed by atoms with van der Waals surface area (Å²) in [5, 5.41) is 2.75. The second kappa shape index (κ2) is 5.24. The van der Waals surface area contributed by atoms with Crippen LogP contribution in [0.2, 0.25) is 5.02 Å². The van der Waals surface area contributed by atoms with Crippen molar-refractivity contribution in [1.29, 1.82) is 0 Å². The average molecular weight is 283 g/mol. The Hall–Kier alpha value is -2.14. The van der Waals surface area contributed by atoms with Crippen molar-refractivity contribution in [3.05, 3.63) is 58.6 Å². The largest absolute Gasteiger partial charge is 0.397 e. The van der Waals surface area contributed by atoms with Crippen LogP contribution in [0.25, 0.3) is 0 Å². The van der Waals surface area contributed by atoms with Crippen LogP contribution in [0.3, 0.4) is 0 Å². The van der Waals surface area contributed by atoms with Crippen LogP contribution in [0.5, 0.6) is 0 Å². The van der Waals surface area contributed by atoms with Crippen LogP contribution >= 0.6 is 11.6 Å². The lowest BCUT2D eigenvalue weighted by Crippen LogP contribution is -2.15. The first kappa shape index (κ1) is 13.3. The quantitative estimate of drug-likeness (QED) is 0.829.